The van der Waals surface area contributed by atoms with Crippen LogP contribution in [0.1, 0.15) is 10.5 Å². The van der Waals surface area contributed by atoms with E-state index in [9.17, 15) is 4.79 Å². The zero-order valence-corrected chi connectivity index (χ0v) is 15.1. The van der Waals surface area contributed by atoms with Gasteiger partial charge in [0.2, 0.25) is 0 Å². The average molecular weight is 387 g/mol. The summed E-state index contributed by atoms with van der Waals surface area (Å²) in [6, 6.07) is 11.5. The van der Waals surface area contributed by atoms with Crippen molar-refractivity contribution in [3.8, 4) is 10.4 Å². The topological polar surface area (TPSA) is 80.9 Å². The van der Waals surface area contributed by atoms with Crippen LogP contribution in [0.2, 0.25) is 5.02 Å². The Morgan fingerprint density at radius 2 is 2.08 bits per heavy atom. The largest absolute Gasteiger partial charge is 0.364 e. The van der Waals surface area contributed by atoms with Gasteiger partial charge in [0.15, 0.2) is 11.5 Å². The van der Waals surface area contributed by atoms with Gasteiger partial charge in [-0.25, -0.2) is 0 Å². The highest BCUT2D eigenvalue weighted by molar-refractivity contribution is 7.22. The van der Waals surface area contributed by atoms with Crippen molar-refractivity contribution < 1.29 is 4.79 Å². The number of benzene rings is 1. The summed E-state index contributed by atoms with van der Waals surface area (Å²) in [6.45, 7) is 0. The van der Waals surface area contributed by atoms with Gasteiger partial charge in [-0.15, -0.1) is 21.5 Å². The van der Waals surface area contributed by atoms with Crippen molar-refractivity contribution in [2.45, 2.75) is 0 Å². The highest BCUT2D eigenvalue weighted by Crippen LogP contribution is 2.38. The first-order valence-electron chi connectivity index (χ1n) is 7.27. The fraction of sp³-hybridized carbons (Fsp3) is 0. The number of anilines is 2. The van der Waals surface area contributed by atoms with Gasteiger partial charge in [-0.05, 0) is 35.2 Å². The number of carbonyl (C=O) groups is 1. The molecule has 0 spiro atoms. The number of nitrogens with one attached hydrogen (secondary N) is 1. The maximum Gasteiger partial charge on any atom is 0.270 e. The van der Waals surface area contributed by atoms with Gasteiger partial charge in [-0.2, -0.15) is 11.3 Å². The van der Waals surface area contributed by atoms with E-state index in [1.807, 2.05) is 47.2 Å². The Morgan fingerprint density at radius 3 is 2.80 bits per heavy atom. The normalized spacial score (nSPS) is 10.9. The molecule has 0 bridgehead atoms. The number of primary amides is 1. The third-order valence-electron chi connectivity index (χ3n) is 3.58. The summed E-state index contributed by atoms with van der Waals surface area (Å²) < 4.78 is 0.704. The van der Waals surface area contributed by atoms with Gasteiger partial charge in [0.25, 0.3) is 5.91 Å². The summed E-state index contributed by atoms with van der Waals surface area (Å²) in [5.74, 6) is -0.0120. The predicted molar refractivity (Wildman–Crippen MR) is 104 cm³/mol. The molecule has 0 atom stereocenters. The van der Waals surface area contributed by atoms with E-state index in [0.29, 0.717) is 15.5 Å². The zero-order chi connectivity index (χ0) is 17.4. The molecule has 0 fully saturated rings. The number of thiophene rings is 2. The molecular formula is C17H11ClN4OS2. The molecule has 0 aliphatic heterocycles. The van der Waals surface area contributed by atoms with E-state index in [1.54, 1.807) is 11.3 Å². The van der Waals surface area contributed by atoms with E-state index in [0.717, 1.165) is 21.5 Å². The van der Waals surface area contributed by atoms with Crippen molar-refractivity contribution in [2.75, 3.05) is 5.32 Å². The van der Waals surface area contributed by atoms with E-state index >= 15 is 0 Å². The molecule has 0 aliphatic rings. The summed E-state index contributed by atoms with van der Waals surface area (Å²) in [5, 5.41) is 16.8. The Balaban J connectivity index is 1.90. The number of hydrogen-bond donors (Lipinski definition) is 2. The third-order valence-corrected chi connectivity index (χ3v) is 5.69. The lowest BCUT2D eigenvalue weighted by Crippen LogP contribution is -2.14. The lowest BCUT2D eigenvalue weighted by Gasteiger charge is -2.05. The van der Waals surface area contributed by atoms with Crippen LogP contribution in [-0.4, -0.2) is 16.1 Å². The van der Waals surface area contributed by atoms with Crippen LogP contribution in [0.25, 0.3) is 20.5 Å². The van der Waals surface area contributed by atoms with E-state index in [1.165, 1.54) is 11.3 Å². The monoisotopic (exact) mass is 386 g/mol. The van der Waals surface area contributed by atoms with Crippen molar-refractivity contribution in [3.63, 3.8) is 0 Å². The van der Waals surface area contributed by atoms with Crippen LogP contribution < -0.4 is 11.1 Å². The smallest absolute Gasteiger partial charge is 0.270 e. The summed E-state index contributed by atoms with van der Waals surface area (Å²) in [7, 11) is 0. The molecule has 3 aromatic heterocycles. The fourth-order valence-electron chi connectivity index (χ4n) is 2.45. The molecule has 5 nitrogen and oxygen atoms in total. The summed E-state index contributed by atoms with van der Waals surface area (Å²) in [6.07, 6.45) is 0. The predicted octanol–water partition coefficient (Wildman–Crippen LogP) is 4.92. The SMILES string of the molecule is NC(=O)c1nnc(Nc2ccsc2)c2cc(-c3cccc(Cl)c3)sc12. The molecular weight excluding hydrogens is 376 g/mol. The summed E-state index contributed by atoms with van der Waals surface area (Å²) in [4.78, 5) is 12.7. The van der Waals surface area contributed by atoms with Crippen molar-refractivity contribution in [3.05, 3.63) is 57.9 Å². The second kappa shape index (κ2) is 6.44. The molecule has 3 N–H and O–H groups in total. The molecule has 0 saturated carbocycles. The molecule has 3 heterocycles. The van der Waals surface area contributed by atoms with Crippen molar-refractivity contribution in [2.24, 2.45) is 5.73 Å². The number of carbonyl (C=O) groups excluding carboxylic acids is 1. The zero-order valence-electron chi connectivity index (χ0n) is 12.7. The lowest BCUT2D eigenvalue weighted by molar-refractivity contribution is 0.0996. The van der Waals surface area contributed by atoms with Crippen LogP contribution in [-0.2, 0) is 0 Å². The summed E-state index contributed by atoms with van der Waals surface area (Å²) >= 11 is 9.12. The minimum Gasteiger partial charge on any atom is -0.364 e. The Hall–Kier alpha value is -2.48. The number of fused-ring (bicyclic) bond motifs is 1. The van der Waals surface area contributed by atoms with E-state index in [4.69, 9.17) is 17.3 Å². The Bertz CT molecular complexity index is 1080. The van der Waals surface area contributed by atoms with Crippen LogP contribution in [0, 0.1) is 0 Å². The maximum atomic E-state index is 11.7. The molecule has 0 saturated heterocycles. The van der Waals surface area contributed by atoms with E-state index in [-0.39, 0.29) is 5.69 Å². The number of hydrogen-bond acceptors (Lipinski definition) is 6. The van der Waals surface area contributed by atoms with Crippen LogP contribution in [0.15, 0.2) is 47.2 Å². The number of nitrogens with two attached hydrogens (primary N) is 1. The molecule has 0 radical (unpaired) electrons. The van der Waals surface area contributed by atoms with Crippen LogP contribution in [0.5, 0.6) is 0 Å². The second-order valence-corrected chi connectivity index (χ2v) is 7.53. The van der Waals surface area contributed by atoms with Gasteiger partial charge in [0.1, 0.15) is 0 Å². The van der Waals surface area contributed by atoms with Crippen LogP contribution >= 0.6 is 34.3 Å². The van der Waals surface area contributed by atoms with Crippen LogP contribution in [0.4, 0.5) is 11.5 Å². The van der Waals surface area contributed by atoms with Gasteiger partial charge >= 0.3 is 0 Å². The van der Waals surface area contributed by atoms with Gasteiger partial charge in [-0.1, -0.05) is 23.7 Å². The van der Waals surface area contributed by atoms with Gasteiger partial charge in [0, 0.05) is 20.7 Å². The van der Waals surface area contributed by atoms with Crippen molar-refractivity contribution >= 4 is 61.8 Å². The molecule has 124 valence electrons. The highest BCUT2D eigenvalue weighted by atomic mass is 35.5. The highest BCUT2D eigenvalue weighted by Gasteiger charge is 2.18. The first kappa shape index (κ1) is 16.0. The molecule has 8 heteroatoms. The molecule has 0 aliphatic carbocycles. The molecule has 25 heavy (non-hydrogen) atoms. The maximum absolute atomic E-state index is 11.7. The molecule has 4 aromatic rings. The number of rotatable bonds is 4. The number of amides is 1. The minimum absolute atomic E-state index is 0.171. The average Bonchev–Trinajstić information content (AvgIpc) is 3.24. The van der Waals surface area contributed by atoms with E-state index < -0.39 is 5.91 Å². The minimum atomic E-state index is -0.598. The number of halogens is 1. The second-order valence-electron chi connectivity index (χ2n) is 5.26. The Morgan fingerprint density at radius 1 is 1.20 bits per heavy atom. The molecule has 0 unspecified atom stereocenters. The Kier molecular flexibility index (Phi) is 4.12. The van der Waals surface area contributed by atoms with Gasteiger partial charge < -0.3 is 11.1 Å². The first-order chi connectivity index (χ1) is 12.1. The molecule has 4 rings (SSSR count). The molecule has 1 aromatic carbocycles. The molecule has 1 amide bonds. The first-order valence-corrected chi connectivity index (χ1v) is 9.41. The van der Waals surface area contributed by atoms with Crippen molar-refractivity contribution in [1.29, 1.82) is 0 Å². The van der Waals surface area contributed by atoms with Gasteiger partial charge in [-0.3, -0.25) is 4.79 Å². The van der Waals surface area contributed by atoms with Gasteiger partial charge in [0.05, 0.1) is 10.4 Å². The number of aromatic nitrogens is 2. The van der Waals surface area contributed by atoms with E-state index in [2.05, 4.69) is 15.5 Å². The lowest BCUT2D eigenvalue weighted by atomic mass is 10.1. The van der Waals surface area contributed by atoms with Crippen LogP contribution in [0.3, 0.4) is 0 Å². The number of nitrogens with zero attached hydrogens (tertiary/aromatic N) is 2. The van der Waals surface area contributed by atoms with Crippen molar-refractivity contribution in [1.82, 2.24) is 10.2 Å². The third kappa shape index (κ3) is 3.09. The fourth-order valence-corrected chi connectivity index (χ4v) is 4.38. The Labute approximate surface area is 156 Å². The quantitative estimate of drug-likeness (QED) is 0.521. The standard InChI is InChI=1S/C17H11ClN4OS2/c18-10-3-1-2-9(6-10)13-7-12-15(25-13)14(16(19)23)21-22-17(12)20-11-4-5-24-8-11/h1-8H,(H2,19,23)(H,20,22). The summed E-state index contributed by atoms with van der Waals surface area (Å²) in [5.41, 5.74) is 7.52.